The molecule has 1 rings (SSSR count). The molecular weight excluding hydrogens is 202 g/mol. The van der Waals surface area contributed by atoms with Gasteiger partial charge in [-0.2, -0.15) is 0 Å². The average molecular weight is 227 g/mol. The SMILES string of the molecule is CCN(CC)CCN1CCNC(C)(C)C1=O. The number of hydrogen-bond acceptors (Lipinski definition) is 3. The van der Waals surface area contributed by atoms with Crippen LogP contribution in [0, 0.1) is 0 Å². The van der Waals surface area contributed by atoms with Crippen molar-refractivity contribution >= 4 is 5.91 Å². The van der Waals surface area contributed by atoms with E-state index in [9.17, 15) is 4.79 Å². The number of carbonyl (C=O) groups is 1. The molecule has 0 aliphatic carbocycles. The van der Waals surface area contributed by atoms with Crippen molar-refractivity contribution in [1.82, 2.24) is 15.1 Å². The lowest BCUT2D eigenvalue weighted by atomic mass is 10.0. The molecule has 0 aromatic carbocycles. The lowest BCUT2D eigenvalue weighted by molar-refractivity contribution is -0.140. The summed E-state index contributed by atoms with van der Waals surface area (Å²) < 4.78 is 0. The lowest BCUT2D eigenvalue weighted by Gasteiger charge is -2.38. The van der Waals surface area contributed by atoms with Crippen molar-refractivity contribution in [2.45, 2.75) is 33.2 Å². The van der Waals surface area contributed by atoms with Gasteiger partial charge in [0.05, 0.1) is 5.54 Å². The molecule has 16 heavy (non-hydrogen) atoms. The number of nitrogens with zero attached hydrogens (tertiary/aromatic N) is 2. The molecule has 4 heteroatoms. The van der Waals surface area contributed by atoms with Crippen molar-refractivity contribution in [1.29, 1.82) is 0 Å². The van der Waals surface area contributed by atoms with E-state index in [1.807, 2.05) is 18.7 Å². The van der Waals surface area contributed by atoms with Gasteiger partial charge in [0.25, 0.3) is 0 Å². The molecule has 94 valence electrons. The summed E-state index contributed by atoms with van der Waals surface area (Å²) >= 11 is 0. The Labute approximate surface area is 99.0 Å². The molecule has 1 heterocycles. The van der Waals surface area contributed by atoms with Gasteiger partial charge < -0.3 is 15.1 Å². The van der Waals surface area contributed by atoms with Crippen LogP contribution in [0.15, 0.2) is 0 Å². The molecule has 1 N–H and O–H groups in total. The van der Waals surface area contributed by atoms with Gasteiger partial charge in [-0.3, -0.25) is 4.79 Å². The molecule has 0 saturated carbocycles. The van der Waals surface area contributed by atoms with Gasteiger partial charge in [0.1, 0.15) is 0 Å². The molecule has 1 amide bonds. The van der Waals surface area contributed by atoms with E-state index in [1.165, 1.54) is 0 Å². The summed E-state index contributed by atoms with van der Waals surface area (Å²) in [6.07, 6.45) is 0. The highest BCUT2D eigenvalue weighted by Crippen LogP contribution is 2.11. The van der Waals surface area contributed by atoms with E-state index >= 15 is 0 Å². The molecular formula is C12H25N3O. The van der Waals surface area contributed by atoms with Gasteiger partial charge in [-0.1, -0.05) is 13.8 Å². The highest BCUT2D eigenvalue weighted by molar-refractivity contribution is 5.86. The topological polar surface area (TPSA) is 35.6 Å². The van der Waals surface area contributed by atoms with Crippen LogP contribution in [-0.2, 0) is 4.79 Å². The average Bonchev–Trinajstić information content (AvgIpc) is 2.25. The van der Waals surface area contributed by atoms with Gasteiger partial charge in [0, 0.05) is 26.2 Å². The van der Waals surface area contributed by atoms with Crippen LogP contribution in [0.2, 0.25) is 0 Å². The maximum Gasteiger partial charge on any atom is 0.242 e. The van der Waals surface area contributed by atoms with E-state index in [0.29, 0.717) is 0 Å². The number of likely N-dealkylation sites (N-methyl/N-ethyl adjacent to an activating group) is 1. The van der Waals surface area contributed by atoms with E-state index in [-0.39, 0.29) is 11.4 Å². The monoisotopic (exact) mass is 227 g/mol. The fraction of sp³-hybridized carbons (Fsp3) is 0.917. The second-order valence-electron chi connectivity index (χ2n) is 4.87. The number of rotatable bonds is 5. The van der Waals surface area contributed by atoms with Crippen molar-refractivity contribution in [3.63, 3.8) is 0 Å². The van der Waals surface area contributed by atoms with E-state index in [4.69, 9.17) is 0 Å². The summed E-state index contributed by atoms with van der Waals surface area (Å²) in [6.45, 7) is 13.9. The standard InChI is InChI=1S/C12H25N3O/c1-5-14(6-2)9-10-15-8-7-13-12(3,4)11(15)16/h13H,5-10H2,1-4H3. The summed E-state index contributed by atoms with van der Waals surface area (Å²) in [7, 11) is 0. The first-order valence-electron chi connectivity index (χ1n) is 6.28. The minimum absolute atomic E-state index is 0.228. The minimum Gasteiger partial charge on any atom is -0.339 e. The van der Waals surface area contributed by atoms with Crippen LogP contribution in [0.4, 0.5) is 0 Å². The molecule has 0 radical (unpaired) electrons. The summed E-state index contributed by atoms with van der Waals surface area (Å²) in [5.74, 6) is 0.228. The number of carbonyl (C=O) groups excluding carboxylic acids is 1. The molecule has 0 aromatic heterocycles. The predicted octanol–water partition coefficient (Wildman–Crippen LogP) is 0.539. The fourth-order valence-electron chi connectivity index (χ4n) is 2.09. The first kappa shape index (κ1) is 13.5. The Morgan fingerprint density at radius 3 is 2.56 bits per heavy atom. The molecule has 1 saturated heterocycles. The zero-order valence-corrected chi connectivity index (χ0v) is 11.0. The summed E-state index contributed by atoms with van der Waals surface area (Å²) in [6, 6.07) is 0. The molecule has 1 aliphatic rings. The van der Waals surface area contributed by atoms with Crippen molar-refractivity contribution in [2.75, 3.05) is 39.3 Å². The molecule has 0 atom stereocenters. The first-order valence-corrected chi connectivity index (χ1v) is 6.28. The van der Waals surface area contributed by atoms with Gasteiger partial charge in [-0.15, -0.1) is 0 Å². The third kappa shape index (κ3) is 3.19. The molecule has 0 spiro atoms. The smallest absolute Gasteiger partial charge is 0.242 e. The van der Waals surface area contributed by atoms with E-state index in [0.717, 1.165) is 39.3 Å². The molecule has 1 fully saturated rings. The van der Waals surface area contributed by atoms with Crippen LogP contribution in [0.5, 0.6) is 0 Å². The zero-order chi connectivity index (χ0) is 12.2. The van der Waals surface area contributed by atoms with Crippen molar-refractivity contribution in [3.05, 3.63) is 0 Å². The third-order valence-electron chi connectivity index (χ3n) is 3.35. The van der Waals surface area contributed by atoms with Crippen molar-refractivity contribution in [2.24, 2.45) is 0 Å². The second-order valence-corrected chi connectivity index (χ2v) is 4.87. The summed E-state index contributed by atoms with van der Waals surface area (Å²) in [5, 5.41) is 3.25. The molecule has 0 aromatic rings. The second kappa shape index (κ2) is 5.64. The van der Waals surface area contributed by atoms with Gasteiger partial charge in [0.2, 0.25) is 5.91 Å². The van der Waals surface area contributed by atoms with Gasteiger partial charge in [-0.05, 0) is 26.9 Å². The van der Waals surface area contributed by atoms with Gasteiger partial charge in [-0.25, -0.2) is 0 Å². The molecule has 4 nitrogen and oxygen atoms in total. The van der Waals surface area contributed by atoms with E-state index < -0.39 is 0 Å². The van der Waals surface area contributed by atoms with Crippen LogP contribution in [-0.4, -0.2) is 60.5 Å². The first-order chi connectivity index (χ1) is 7.51. The summed E-state index contributed by atoms with van der Waals surface area (Å²) in [5.41, 5.74) is -0.387. The Hall–Kier alpha value is -0.610. The Balaban J connectivity index is 2.45. The fourth-order valence-corrected chi connectivity index (χ4v) is 2.09. The number of nitrogens with one attached hydrogen (secondary N) is 1. The molecule has 1 aliphatic heterocycles. The van der Waals surface area contributed by atoms with Crippen LogP contribution in [0.3, 0.4) is 0 Å². The number of hydrogen-bond donors (Lipinski definition) is 1. The Kier molecular flexibility index (Phi) is 4.74. The quantitative estimate of drug-likeness (QED) is 0.744. The molecule has 0 bridgehead atoms. The zero-order valence-electron chi connectivity index (χ0n) is 11.0. The van der Waals surface area contributed by atoms with Crippen LogP contribution < -0.4 is 5.32 Å². The Morgan fingerprint density at radius 1 is 1.38 bits per heavy atom. The number of amides is 1. The Morgan fingerprint density at radius 2 is 2.00 bits per heavy atom. The number of piperazine rings is 1. The largest absolute Gasteiger partial charge is 0.339 e. The van der Waals surface area contributed by atoms with Crippen molar-refractivity contribution < 1.29 is 4.79 Å². The van der Waals surface area contributed by atoms with Crippen LogP contribution in [0.1, 0.15) is 27.7 Å². The van der Waals surface area contributed by atoms with Crippen molar-refractivity contribution in [3.8, 4) is 0 Å². The van der Waals surface area contributed by atoms with Crippen LogP contribution in [0.25, 0.3) is 0 Å². The van der Waals surface area contributed by atoms with Gasteiger partial charge in [0.15, 0.2) is 0 Å². The Bertz CT molecular complexity index is 236. The highest BCUT2D eigenvalue weighted by Gasteiger charge is 2.34. The summed E-state index contributed by atoms with van der Waals surface area (Å²) in [4.78, 5) is 16.4. The molecule has 0 unspecified atom stereocenters. The maximum atomic E-state index is 12.1. The van der Waals surface area contributed by atoms with E-state index in [2.05, 4.69) is 24.1 Å². The van der Waals surface area contributed by atoms with Crippen LogP contribution >= 0.6 is 0 Å². The maximum absolute atomic E-state index is 12.1. The lowest BCUT2D eigenvalue weighted by Crippen LogP contribution is -2.62. The van der Waals surface area contributed by atoms with Gasteiger partial charge >= 0.3 is 0 Å². The highest BCUT2D eigenvalue weighted by atomic mass is 16.2. The van der Waals surface area contributed by atoms with E-state index in [1.54, 1.807) is 0 Å². The normalized spacial score (nSPS) is 20.6. The predicted molar refractivity (Wildman–Crippen MR) is 66.4 cm³/mol. The third-order valence-corrected chi connectivity index (χ3v) is 3.35. The minimum atomic E-state index is -0.387.